The van der Waals surface area contributed by atoms with Gasteiger partial charge in [0, 0.05) is 19.0 Å². The molecule has 0 saturated heterocycles. The first-order chi connectivity index (χ1) is 7.52. The number of aromatic nitrogens is 2. The van der Waals surface area contributed by atoms with Crippen LogP contribution < -0.4 is 10.6 Å². The minimum atomic E-state index is -2.39. The van der Waals surface area contributed by atoms with Crippen LogP contribution >= 0.6 is 0 Å². The monoisotopic (exact) mass is 230 g/mol. The van der Waals surface area contributed by atoms with E-state index >= 15 is 0 Å². The molecule has 1 rings (SSSR count). The van der Waals surface area contributed by atoms with Gasteiger partial charge in [0.1, 0.15) is 17.5 Å². The third kappa shape index (κ3) is 3.60. The Balaban J connectivity index is 2.86. The van der Waals surface area contributed by atoms with Crippen molar-refractivity contribution in [2.45, 2.75) is 26.2 Å². The molecule has 0 aliphatic rings. The lowest BCUT2D eigenvalue weighted by atomic mass is 10.2. The van der Waals surface area contributed by atoms with Gasteiger partial charge in [-0.15, -0.1) is 0 Å². The Bertz CT molecular complexity index is 342. The van der Waals surface area contributed by atoms with Crippen LogP contribution in [0.3, 0.4) is 0 Å². The molecule has 0 aliphatic heterocycles. The third-order valence-electron chi connectivity index (χ3n) is 1.95. The normalized spacial score (nSPS) is 10.9. The third-order valence-corrected chi connectivity index (χ3v) is 1.95. The van der Waals surface area contributed by atoms with E-state index in [2.05, 4.69) is 20.6 Å². The van der Waals surface area contributed by atoms with E-state index in [1.165, 1.54) is 0 Å². The van der Waals surface area contributed by atoms with Crippen molar-refractivity contribution in [3.8, 4) is 0 Å². The number of nitrogens with one attached hydrogen (secondary N) is 2. The van der Waals surface area contributed by atoms with Gasteiger partial charge >= 0.3 is 0 Å². The molecule has 0 unspecified atom stereocenters. The average Bonchev–Trinajstić information content (AvgIpc) is 2.25. The van der Waals surface area contributed by atoms with Gasteiger partial charge in [-0.05, 0) is 0 Å². The van der Waals surface area contributed by atoms with Crippen molar-refractivity contribution >= 4 is 11.6 Å². The fraction of sp³-hybridized carbons (Fsp3) is 0.600. The molecule has 6 heteroatoms. The lowest BCUT2D eigenvalue weighted by Crippen LogP contribution is -2.13. The van der Waals surface area contributed by atoms with Crippen LogP contribution in [0.4, 0.5) is 20.4 Å². The van der Waals surface area contributed by atoms with Crippen LogP contribution in [0.25, 0.3) is 0 Å². The molecule has 4 nitrogen and oxygen atoms in total. The van der Waals surface area contributed by atoms with E-state index < -0.39 is 13.0 Å². The number of anilines is 2. The van der Waals surface area contributed by atoms with Crippen LogP contribution in [0, 0.1) is 0 Å². The molecular formula is C10H16F2N4. The fourth-order valence-corrected chi connectivity index (χ4v) is 1.12. The second-order valence-corrected chi connectivity index (χ2v) is 3.67. The second kappa shape index (κ2) is 5.58. The smallest absolute Gasteiger partial charge is 0.255 e. The van der Waals surface area contributed by atoms with E-state index in [-0.39, 0.29) is 5.92 Å². The maximum absolute atomic E-state index is 12.0. The Hall–Kier alpha value is -1.46. The van der Waals surface area contributed by atoms with Crippen LogP contribution in [-0.2, 0) is 0 Å². The molecule has 0 atom stereocenters. The molecule has 1 aromatic heterocycles. The summed E-state index contributed by atoms with van der Waals surface area (Å²) >= 11 is 0. The average molecular weight is 230 g/mol. The topological polar surface area (TPSA) is 49.8 Å². The van der Waals surface area contributed by atoms with Gasteiger partial charge in [-0.3, -0.25) is 0 Å². The first-order valence-corrected chi connectivity index (χ1v) is 5.11. The molecule has 90 valence electrons. The zero-order chi connectivity index (χ0) is 12.1. The molecule has 1 heterocycles. The summed E-state index contributed by atoms with van der Waals surface area (Å²) < 4.78 is 24.1. The number of hydrogen-bond acceptors (Lipinski definition) is 4. The summed E-state index contributed by atoms with van der Waals surface area (Å²) in [5.74, 6) is 1.82. The standard InChI is InChI=1S/C10H16F2N4/c1-6(2)10-15-8(13-3)4-9(16-10)14-5-7(11)12/h4,6-7H,5H2,1-3H3,(H2,13,14,15,16). The highest BCUT2D eigenvalue weighted by atomic mass is 19.3. The molecule has 16 heavy (non-hydrogen) atoms. The highest BCUT2D eigenvalue weighted by Gasteiger charge is 2.08. The van der Waals surface area contributed by atoms with Gasteiger partial charge < -0.3 is 10.6 Å². The number of rotatable bonds is 5. The lowest BCUT2D eigenvalue weighted by Gasteiger charge is -2.11. The lowest BCUT2D eigenvalue weighted by molar-refractivity contribution is 0.163. The van der Waals surface area contributed by atoms with Gasteiger partial charge in [-0.2, -0.15) is 0 Å². The first kappa shape index (κ1) is 12.6. The predicted molar refractivity (Wildman–Crippen MR) is 60.2 cm³/mol. The van der Waals surface area contributed by atoms with Crippen molar-refractivity contribution in [1.29, 1.82) is 0 Å². The Labute approximate surface area is 93.5 Å². The van der Waals surface area contributed by atoms with Crippen LogP contribution in [0.5, 0.6) is 0 Å². The van der Waals surface area contributed by atoms with E-state index in [9.17, 15) is 8.78 Å². The second-order valence-electron chi connectivity index (χ2n) is 3.67. The predicted octanol–water partition coefficient (Wildman–Crippen LogP) is 2.32. The van der Waals surface area contributed by atoms with Crippen molar-refractivity contribution < 1.29 is 8.78 Å². The van der Waals surface area contributed by atoms with Crippen molar-refractivity contribution in [2.24, 2.45) is 0 Å². The molecule has 0 amide bonds. The highest BCUT2D eigenvalue weighted by molar-refractivity contribution is 5.47. The van der Waals surface area contributed by atoms with Gasteiger partial charge in [-0.1, -0.05) is 13.8 Å². The Morgan fingerprint density at radius 1 is 1.25 bits per heavy atom. The summed E-state index contributed by atoms with van der Waals surface area (Å²) in [5.41, 5.74) is 0. The maximum atomic E-state index is 12.0. The number of hydrogen-bond donors (Lipinski definition) is 2. The molecule has 1 aromatic rings. The summed E-state index contributed by atoms with van der Waals surface area (Å²) in [5, 5.41) is 5.44. The molecule has 0 aromatic carbocycles. The van der Waals surface area contributed by atoms with Gasteiger partial charge in [0.05, 0.1) is 6.54 Å². The van der Waals surface area contributed by atoms with E-state index in [0.29, 0.717) is 17.5 Å². The zero-order valence-corrected chi connectivity index (χ0v) is 9.59. The van der Waals surface area contributed by atoms with Crippen molar-refractivity contribution in [3.05, 3.63) is 11.9 Å². The van der Waals surface area contributed by atoms with E-state index in [4.69, 9.17) is 0 Å². The van der Waals surface area contributed by atoms with Crippen LogP contribution in [0.15, 0.2) is 6.07 Å². The minimum Gasteiger partial charge on any atom is -0.373 e. The summed E-state index contributed by atoms with van der Waals surface area (Å²) in [6, 6.07) is 1.61. The number of alkyl halides is 2. The van der Waals surface area contributed by atoms with Gasteiger partial charge in [0.15, 0.2) is 0 Å². The van der Waals surface area contributed by atoms with E-state index in [0.717, 1.165) is 0 Å². The van der Waals surface area contributed by atoms with Gasteiger partial charge in [-0.25, -0.2) is 18.7 Å². The molecule has 0 bridgehead atoms. The van der Waals surface area contributed by atoms with Crippen LogP contribution in [-0.4, -0.2) is 30.0 Å². The van der Waals surface area contributed by atoms with Crippen molar-refractivity contribution in [3.63, 3.8) is 0 Å². The molecule has 0 radical (unpaired) electrons. The number of halogens is 2. The van der Waals surface area contributed by atoms with E-state index in [1.807, 2.05) is 13.8 Å². The minimum absolute atomic E-state index is 0.153. The molecule has 0 fully saturated rings. The van der Waals surface area contributed by atoms with Crippen LogP contribution in [0.2, 0.25) is 0 Å². The Morgan fingerprint density at radius 2 is 1.88 bits per heavy atom. The van der Waals surface area contributed by atoms with Crippen molar-refractivity contribution in [2.75, 3.05) is 24.2 Å². The first-order valence-electron chi connectivity index (χ1n) is 5.11. The Kier molecular flexibility index (Phi) is 4.39. The molecule has 0 saturated carbocycles. The molecule has 2 N–H and O–H groups in total. The quantitative estimate of drug-likeness (QED) is 0.815. The van der Waals surface area contributed by atoms with Crippen LogP contribution in [0.1, 0.15) is 25.6 Å². The molecular weight excluding hydrogens is 214 g/mol. The van der Waals surface area contributed by atoms with E-state index in [1.54, 1.807) is 13.1 Å². The summed E-state index contributed by atoms with van der Waals surface area (Å²) in [6.07, 6.45) is -2.39. The maximum Gasteiger partial charge on any atom is 0.255 e. The summed E-state index contributed by atoms with van der Waals surface area (Å²) in [4.78, 5) is 8.39. The molecule has 0 aliphatic carbocycles. The number of nitrogens with zero attached hydrogens (tertiary/aromatic N) is 2. The fourth-order valence-electron chi connectivity index (χ4n) is 1.12. The summed E-state index contributed by atoms with van der Waals surface area (Å²) in [7, 11) is 1.73. The largest absolute Gasteiger partial charge is 0.373 e. The van der Waals surface area contributed by atoms with Gasteiger partial charge in [0.2, 0.25) is 0 Å². The zero-order valence-electron chi connectivity index (χ0n) is 9.59. The highest BCUT2D eigenvalue weighted by Crippen LogP contribution is 2.16. The Morgan fingerprint density at radius 3 is 2.38 bits per heavy atom. The summed E-state index contributed by atoms with van der Waals surface area (Å²) in [6.45, 7) is 3.50. The van der Waals surface area contributed by atoms with Crippen molar-refractivity contribution in [1.82, 2.24) is 9.97 Å². The molecule has 0 spiro atoms. The SMILES string of the molecule is CNc1cc(NCC(F)F)nc(C(C)C)n1. The van der Waals surface area contributed by atoms with Gasteiger partial charge in [0.25, 0.3) is 6.43 Å².